The molecule has 5 rings (SSSR count). The molecule has 0 amide bonds. The van der Waals surface area contributed by atoms with Gasteiger partial charge in [-0.2, -0.15) is 0 Å². The van der Waals surface area contributed by atoms with Crippen LogP contribution in [0.2, 0.25) is 0 Å². The average molecular weight is 459 g/mol. The molecule has 0 aliphatic carbocycles. The van der Waals surface area contributed by atoms with Gasteiger partial charge in [0.1, 0.15) is 18.0 Å². The molecule has 0 spiro atoms. The van der Waals surface area contributed by atoms with Gasteiger partial charge in [0.2, 0.25) is 0 Å². The first kappa shape index (κ1) is 22.2. The molecule has 1 saturated heterocycles. The number of aromatic nitrogens is 3. The number of ether oxygens (including phenoxy) is 1. The number of benzene rings is 2. The second-order valence-electron chi connectivity index (χ2n) is 8.41. The van der Waals surface area contributed by atoms with Crippen LogP contribution in [0.5, 0.6) is 0 Å². The Morgan fingerprint density at radius 1 is 0.912 bits per heavy atom. The van der Waals surface area contributed by atoms with E-state index in [0.717, 1.165) is 60.3 Å². The Bertz CT molecular complexity index is 1310. The second kappa shape index (κ2) is 9.70. The van der Waals surface area contributed by atoms with Gasteiger partial charge >= 0.3 is 0 Å². The number of piperazine rings is 1. The number of hydrogen-bond acceptors (Lipinski definition) is 7. The first-order valence-electron chi connectivity index (χ1n) is 11.4. The van der Waals surface area contributed by atoms with Crippen LogP contribution < -0.4 is 10.6 Å². The van der Waals surface area contributed by atoms with Crippen LogP contribution in [0.25, 0.3) is 33.3 Å². The zero-order chi connectivity index (χ0) is 23.5. The fourth-order valence-electron chi connectivity index (χ4n) is 4.44. The Morgan fingerprint density at radius 2 is 1.71 bits per heavy atom. The van der Waals surface area contributed by atoms with Crippen molar-refractivity contribution in [2.45, 2.75) is 0 Å². The van der Waals surface area contributed by atoms with E-state index in [4.69, 9.17) is 10.5 Å². The molecular weight excluding hydrogens is 431 g/mol. The van der Waals surface area contributed by atoms with Crippen molar-refractivity contribution in [3.63, 3.8) is 0 Å². The van der Waals surface area contributed by atoms with E-state index < -0.39 is 0 Å². The van der Waals surface area contributed by atoms with Gasteiger partial charge in [-0.15, -0.1) is 0 Å². The van der Waals surface area contributed by atoms with Crippen LogP contribution in [0, 0.1) is 5.82 Å². The summed E-state index contributed by atoms with van der Waals surface area (Å²) in [6.07, 6.45) is 3.20. The molecule has 1 aliphatic heterocycles. The summed E-state index contributed by atoms with van der Waals surface area (Å²) in [7, 11) is 1.71. The minimum absolute atomic E-state index is 0.243. The monoisotopic (exact) mass is 458 g/mol. The van der Waals surface area contributed by atoms with Crippen LogP contribution in [-0.4, -0.2) is 66.3 Å². The lowest BCUT2D eigenvalue weighted by Gasteiger charge is -2.36. The van der Waals surface area contributed by atoms with Gasteiger partial charge in [-0.05, 0) is 47.5 Å². The quantitative estimate of drug-likeness (QED) is 0.470. The lowest BCUT2D eigenvalue weighted by Crippen LogP contribution is -2.47. The van der Waals surface area contributed by atoms with E-state index in [0.29, 0.717) is 23.8 Å². The molecule has 0 bridgehead atoms. The normalized spacial score (nSPS) is 14.6. The Kier molecular flexibility index (Phi) is 6.33. The van der Waals surface area contributed by atoms with E-state index in [2.05, 4.69) is 24.8 Å². The number of nitrogens with zero attached hydrogens (tertiary/aromatic N) is 5. The number of fused-ring (bicyclic) bond motifs is 1. The average Bonchev–Trinajstić information content (AvgIpc) is 2.87. The third-order valence-corrected chi connectivity index (χ3v) is 6.30. The summed E-state index contributed by atoms with van der Waals surface area (Å²) in [5.41, 5.74) is 10.6. The summed E-state index contributed by atoms with van der Waals surface area (Å²) in [5, 5.41) is 0.856. The lowest BCUT2D eigenvalue weighted by molar-refractivity contribution is 0.144. The number of methoxy groups -OCH3 is 1. The maximum absolute atomic E-state index is 15.3. The Hall–Kier alpha value is -3.62. The summed E-state index contributed by atoms with van der Waals surface area (Å²) < 4.78 is 20.4. The van der Waals surface area contributed by atoms with E-state index in [1.807, 2.05) is 42.5 Å². The number of nitrogen functional groups attached to an aromatic ring is 1. The van der Waals surface area contributed by atoms with Crippen molar-refractivity contribution in [3.05, 3.63) is 66.9 Å². The van der Waals surface area contributed by atoms with Gasteiger partial charge in [-0.1, -0.05) is 12.1 Å². The number of halogens is 1. The highest BCUT2D eigenvalue weighted by Crippen LogP contribution is 2.32. The molecule has 2 aromatic heterocycles. The Balaban J connectivity index is 1.44. The fraction of sp³-hybridized carbons (Fsp3) is 0.269. The van der Waals surface area contributed by atoms with Crippen molar-refractivity contribution < 1.29 is 9.13 Å². The van der Waals surface area contributed by atoms with Gasteiger partial charge in [-0.25, -0.2) is 19.3 Å². The number of rotatable bonds is 6. The van der Waals surface area contributed by atoms with Gasteiger partial charge in [0, 0.05) is 57.0 Å². The number of pyridine rings is 1. The number of nitrogens with two attached hydrogens (primary N) is 1. The molecule has 174 valence electrons. The van der Waals surface area contributed by atoms with Gasteiger partial charge in [0.15, 0.2) is 0 Å². The minimum atomic E-state index is -0.243. The minimum Gasteiger partial charge on any atom is -0.384 e. The molecule has 7 nitrogen and oxygen atoms in total. The number of hydrogen-bond donors (Lipinski definition) is 1. The highest BCUT2D eigenvalue weighted by Gasteiger charge is 2.20. The summed E-state index contributed by atoms with van der Waals surface area (Å²) in [6.45, 7) is 4.98. The first-order chi connectivity index (χ1) is 16.6. The Labute approximate surface area is 198 Å². The van der Waals surface area contributed by atoms with Crippen LogP contribution >= 0.6 is 0 Å². The first-order valence-corrected chi connectivity index (χ1v) is 11.4. The molecule has 4 aromatic rings. The zero-order valence-electron chi connectivity index (χ0n) is 19.1. The largest absolute Gasteiger partial charge is 0.384 e. The van der Waals surface area contributed by atoms with E-state index in [1.165, 1.54) is 6.33 Å². The predicted octanol–water partition coefficient (Wildman–Crippen LogP) is 3.85. The molecule has 0 radical (unpaired) electrons. The number of anilines is 2. The molecule has 0 unspecified atom stereocenters. The highest BCUT2D eigenvalue weighted by molar-refractivity contribution is 5.95. The second-order valence-corrected chi connectivity index (χ2v) is 8.41. The van der Waals surface area contributed by atoms with E-state index in [-0.39, 0.29) is 5.82 Å². The lowest BCUT2D eigenvalue weighted by atomic mass is 10.0. The maximum Gasteiger partial charge on any atom is 0.147 e. The van der Waals surface area contributed by atoms with Crippen molar-refractivity contribution in [1.29, 1.82) is 0 Å². The summed E-state index contributed by atoms with van der Waals surface area (Å²) in [5.74, 6) is 0.215. The molecule has 3 heterocycles. The molecular formula is C26H27FN6O. The van der Waals surface area contributed by atoms with Crippen LogP contribution in [-0.2, 0) is 4.74 Å². The molecule has 1 aliphatic rings. The Morgan fingerprint density at radius 3 is 2.47 bits per heavy atom. The molecule has 34 heavy (non-hydrogen) atoms. The van der Waals surface area contributed by atoms with Gasteiger partial charge in [0.25, 0.3) is 0 Å². The maximum atomic E-state index is 15.3. The van der Waals surface area contributed by atoms with E-state index in [9.17, 15) is 0 Å². The van der Waals surface area contributed by atoms with E-state index in [1.54, 1.807) is 19.4 Å². The fourth-order valence-corrected chi connectivity index (χ4v) is 4.44. The molecule has 0 saturated carbocycles. The predicted molar refractivity (Wildman–Crippen MR) is 133 cm³/mol. The van der Waals surface area contributed by atoms with E-state index >= 15 is 4.39 Å². The molecule has 0 atom stereocenters. The van der Waals surface area contributed by atoms with Crippen LogP contribution in [0.4, 0.5) is 15.9 Å². The SMILES string of the molecule is COCCN1CCN(c2ccc(-c3ncnc4ccc(-c5ccnc(N)c5)cc34)cc2F)CC1. The van der Waals surface area contributed by atoms with Gasteiger partial charge < -0.3 is 15.4 Å². The van der Waals surface area contributed by atoms with Crippen molar-refractivity contribution in [1.82, 2.24) is 19.9 Å². The zero-order valence-corrected chi connectivity index (χ0v) is 19.1. The van der Waals surface area contributed by atoms with Crippen molar-refractivity contribution in [2.75, 3.05) is 57.1 Å². The van der Waals surface area contributed by atoms with Gasteiger partial charge in [-0.3, -0.25) is 4.90 Å². The molecule has 2 aromatic carbocycles. The summed E-state index contributed by atoms with van der Waals surface area (Å²) >= 11 is 0. The van der Waals surface area contributed by atoms with Crippen molar-refractivity contribution in [3.8, 4) is 22.4 Å². The van der Waals surface area contributed by atoms with Crippen molar-refractivity contribution in [2.24, 2.45) is 0 Å². The highest BCUT2D eigenvalue weighted by atomic mass is 19.1. The molecule has 8 heteroatoms. The summed E-state index contributed by atoms with van der Waals surface area (Å²) in [6, 6.07) is 15.1. The van der Waals surface area contributed by atoms with Gasteiger partial charge in [0.05, 0.1) is 23.5 Å². The summed E-state index contributed by atoms with van der Waals surface area (Å²) in [4.78, 5) is 17.4. The van der Waals surface area contributed by atoms with Crippen LogP contribution in [0.15, 0.2) is 61.1 Å². The smallest absolute Gasteiger partial charge is 0.147 e. The third-order valence-electron chi connectivity index (χ3n) is 6.30. The standard InChI is InChI=1S/C26H27FN6O/c1-34-13-12-32-8-10-33(11-9-32)24-5-3-20(15-22(24)27)26-21-14-18(2-4-23(21)30-17-31-26)19-6-7-29-25(28)16-19/h2-7,14-17H,8-13H2,1H3,(H2,28,29). The van der Waals surface area contributed by atoms with Crippen LogP contribution in [0.3, 0.4) is 0 Å². The third kappa shape index (κ3) is 4.55. The van der Waals surface area contributed by atoms with Crippen LogP contribution in [0.1, 0.15) is 0 Å². The molecule has 1 fully saturated rings. The topological polar surface area (TPSA) is 80.4 Å². The van der Waals surface area contributed by atoms with Crippen molar-refractivity contribution >= 4 is 22.4 Å². The molecule has 2 N–H and O–H groups in total.